The van der Waals surface area contributed by atoms with Crippen LogP contribution >= 0.6 is 0 Å². The van der Waals surface area contributed by atoms with E-state index in [2.05, 4.69) is 15.2 Å². The van der Waals surface area contributed by atoms with Crippen LogP contribution in [0.15, 0.2) is 50.1 Å². The van der Waals surface area contributed by atoms with Crippen molar-refractivity contribution in [3.63, 3.8) is 0 Å². The Morgan fingerprint density at radius 1 is 1.11 bits per heavy atom. The van der Waals surface area contributed by atoms with Crippen molar-refractivity contribution in [3.05, 3.63) is 67.9 Å². The number of nitrogens with one attached hydrogen (secondary N) is 1. The molecule has 3 rings (SSSR count). The quantitative estimate of drug-likeness (QED) is 0.692. The summed E-state index contributed by atoms with van der Waals surface area (Å²) in [5, 5.41) is 26.6. The lowest BCUT2D eigenvalue weighted by atomic mass is 10.1. The van der Waals surface area contributed by atoms with Gasteiger partial charge in [0.1, 0.15) is 11.6 Å². The maximum Gasteiger partial charge on any atom is 0.299 e. The molecule has 0 saturated heterocycles. The summed E-state index contributed by atoms with van der Waals surface area (Å²) in [5.74, 6) is -0.527. The predicted molar refractivity (Wildman–Crippen MR) is 98.1 cm³/mol. The summed E-state index contributed by atoms with van der Waals surface area (Å²) in [7, 11) is 1.72. The van der Waals surface area contributed by atoms with Gasteiger partial charge in [0.2, 0.25) is 5.88 Å². The van der Waals surface area contributed by atoms with Crippen LogP contribution in [0.3, 0.4) is 0 Å². The fourth-order valence-corrected chi connectivity index (χ4v) is 2.72. The first kappa shape index (κ1) is 17.9. The third-order valence-corrected chi connectivity index (χ3v) is 4.30. The maximum absolute atomic E-state index is 12.8. The number of nitrogens with zero attached hydrogens (tertiary/aromatic N) is 5. The number of aromatic amines is 1. The topological polar surface area (TPSA) is 129 Å². The van der Waals surface area contributed by atoms with Crippen LogP contribution in [0, 0.1) is 25.2 Å². The van der Waals surface area contributed by atoms with Gasteiger partial charge in [-0.15, -0.1) is 10.2 Å². The molecule has 0 unspecified atom stereocenters. The van der Waals surface area contributed by atoms with Gasteiger partial charge in [-0.1, -0.05) is 18.2 Å². The number of rotatable bonds is 3. The van der Waals surface area contributed by atoms with E-state index < -0.39 is 17.0 Å². The molecule has 1 aromatic carbocycles. The molecule has 0 radical (unpaired) electrons. The molecule has 2 N–H and O–H groups in total. The fraction of sp³-hybridized carbons (Fsp3) is 0.167. The van der Waals surface area contributed by atoms with Gasteiger partial charge < -0.3 is 5.11 Å². The Labute approximate surface area is 153 Å². The number of hydrogen-bond acceptors (Lipinski definition) is 6. The number of benzene rings is 1. The van der Waals surface area contributed by atoms with Gasteiger partial charge >= 0.3 is 0 Å². The van der Waals surface area contributed by atoms with Crippen LogP contribution in [0.1, 0.15) is 16.8 Å². The van der Waals surface area contributed by atoms with Gasteiger partial charge in [0.15, 0.2) is 11.4 Å². The average Bonchev–Trinajstić information content (AvgIpc) is 2.85. The first-order chi connectivity index (χ1) is 12.9. The van der Waals surface area contributed by atoms with E-state index in [1.165, 1.54) is 11.6 Å². The second kappa shape index (κ2) is 6.76. The van der Waals surface area contributed by atoms with E-state index in [4.69, 9.17) is 5.26 Å². The molecular formula is C18H16N6O3. The number of pyridine rings is 1. The van der Waals surface area contributed by atoms with Crippen LogP contribution in [0.2, 0.25) is 0 Å². The Morgan fingerprint density at radius 2 is 1.74 bits per heavy atom. The van der Waals surface area contributed by atoms with Crippen molar-refractivity contribution in [1.82, 2.24) is 14.3 Å². The lowest BCUT2D eigenvalue weighted by Crippen LogP contribution is -2.19. The van der Waals surface area contributed by atoms with Gasteiger partial charge in [0.25, 0.3) is 11.1 Å². The normalized spacial score (nSPS) is 11.0. The minimum absolute atomic E-state index is 0.0757. The molecule has 0 amide bonds. The summed E-state index contributed by atoms with van der Waals surface area (Å²) in [6.07, 6.45) is 0. The molecule has 9 nitrogen and oxygen atoms in total. The van der Waals surface area contributed by atoms with Crippen LogP contribution in [0.5, 0.6) is 5.88 Å². The van der Waals surface area contributed by atoms with Gasteiger partial charge in [0, 0.05) is 12.6 Å². The van der Waals surface area contributed by atoms with Gasteiger partial charge in [-0.2, -0.15) is 5.26 Å². The van der Waals surface area contributed by atoms with Gasteiger partial charge in [-0.3, -0.25) is 19.3 Å². The largest absolute Gasteiger partial charge is 0.494 e. The van der Waals surface area contributed by atoms with E-state index >= 15 is 0 Å². The Hall–Kier alpha value is -3.93. The lowest BCUT2D eigenvalue weighted by Gasteiger charge is -2.07. The molecule has 0 fully saturated rings. The fourth-order valence-electron chi connectivity index (χ4n) is 2.72. The Morgan fingerprint density at radius 3 is 2.37 bits per heavy atom. The second-order valence-corrected chi connectivity index (χ2v) is 5.87. The van der Waals surface area contributed by atoms with Gasteiger partial charge in [0.05, 0.1) is 11.4 Å². The summed E-state index contributed by atoms with van der Waals surface area (Å²) < 4.78 is 3.08. The lowest BCUT2D eigenvalue weighted by molar-refractivity contribution is 0.449. The summed E-state index contributed by atoms with van der Waals surface area (Å²) in [6, 6.07) is 10.8. The van der Waals surface area contributed by atoms with Crippen molar-refractivity contribution < 1.29 is 5.11 Å². The molecule has 0 aliphatic heterocycles. The van der Waals surface area contributed by atoms with Gasteiger partial charge in [-0.25, -0.2) is 4.68 Å². The highest BCUT2D eigenvalue weighted by molar-refractivity contribution is 5.56. The molecule has 0 aliphatic rings. The van der Waals surface area contributed by atoms with Crippen molar-refractivity contribution in [2.24, 2.45) is 17.3 Å². The van der Waals surface area contributed by atoms with E-state index in [0.717, 1.165) is 0 Å². The van der Waals surface area contributed by atoms with E-state index in [9.17, 15) is 14.7 Å². The smallest absolute Gasteiger partial charge is 0.299 e. The Bertz CT molecular complexity index is 1210. The number of aromatic hydroxyl groups is 1. The highest BCUT2D eigenvalue weighted by Gasteiger charge is 2.17. The highest BCUT2D eigenvalue weighted by atomic mass is 16.3. The Kier molecular flexibility index (Phi) is 4.48. The molecule has 3 aromatic rings. The molecule has 27 heavy (non-hydrogen) atoms. The maximum atomic E-state index is 12.8. The van der Waals surface area contributed by atoms with Crippen LogP contribution in [-0.2, 0) is 7.05 Å². The zero-order valence-corrected chi connectivity index (χ0v) is 14.9. The average molecular weight is 364 g/mol. The van der Waals surface area contributed by atoms with E-state index in [1.807, 2.05) is 18.2 Å². The number of para-hydroxylation sites is 1. The Balaban J connectivity index is 2.15. The SMILES string of the molecule is Cc1c(C#N)c(O)[nH]c(=O)c1N=Nc1c(C)n(C)n(-c2ccccc2)c1=O. The molecule has 2 aromatic heterocycles. The van der Waals surface area contributed by atoms with E-state index in [1.54, 1.807) is 36.9 Å². The molecular weight excluding hydrogens is 348 g/mol. The summed E-state index contributed by atoms with van der Waals surface area (Å²) in [6.45, 7) is 3.19. The van der Waals surface area contributed by atoms with Crippen molar-refractivity contribution in [2.75, 3.05) is 0 Å². The minimum atomic E-state index is -0.704. The zero-order valence-electron chi connectivity index (χ0n) is 14.9. The van der Waals surface area contributed by atoms with Crippen molar-refractivity contribution in [2.45, 2.75) is 13.8 Å². The summed E-state index contributed by atoms with van der Waals surface area (Å²) in [4.78, 5) is 27.0. The molecule has 2 heterocycles. The standard InChI is InChI=1S/C18H16N6O3/c1-10-13(9-19)16(25)20-17(26)14(10)21-22-15-11(2)23(3)24(18(15)27)12-7-5-4-6-8-12/h4-8H,1-3H3,(H2,20,25,26). The molecule has 0 spiro atoms. The predicted octanol–water partition coefficient (Wildman–Crippen LogP) is 2.47. The van der Waals surface area contributed by atoms with Crippen LogP contribution in [0.4, 0.5) is 11.4 Å². The van der Waals surface area contributed by atoms with Crippen molar-refractivity contribution in [1.29, 1.82) is 5.26 Å². The molecule has 0 aliphatic carbocycles. The highest BCUT2D eigenvalue weighted by Crippen LogP contribution is 2.25. The molecule has 0 saturated carbocycles. The number of H-pyrrole nitrogens is 1. The first-order valence-corrected chi connectivity index (χ1v) is 7.98. The number of nitriles is 1. The number of hydrogen-bond donors (Lipinski definition) is 2. The van der Waals surface area contributed by atoms with E-state index in [-0.39, 0.29) is 22.5 Å². The molecule has 9 heteroatoms. The number of azo groups is 1. The molecule has 0 bridgehead atoms. The molecule has 136 valence electrons. The summed E-state index contributed by atoms with van der Waals surface area (Å²) >= 11 is 0. The van der Waals surface area contributed by atoms with E-state index in [0.29, 0.717) is 11.4 Å². The van der Waals surface area contributed by atoms with Crippen LogP contribution < -0.4 is 11.1 Å². The number of aromatic nitrogens is 3. The van der Waals surface area contributed by atoms with Crippen LogP contribution in [0.25, 0.3) is 5.69 Å². The third-order valence-electron chi connectivity index (χ3n) is 4.30. The third kappa shape index (κ3) is 2.93. The monoisotopic (exact) mass is 364 g/mol. The second-order valence-electron chi connectivity index (χ2n) is 5.87. The first-order valence-electron chi connectivity index (χ1n) is 7.98. The van der Waals surface area contributed by atoms with Crippen molar-refractivity contribution >= 4 is 11.4 Å². The van der Waals surface area contributed by atoms with Crippen molar-refractivity contribution in [3.8, 4) is 17.6 Å². The minimum Gasteiger partial charge on any atom is -0.494 e. The van der Waals surface area contributed by atoms with Crippen LogP contribution in [-0.4, -0.2) is 19.5 Å². The summed E-state index contributed by atoms with van der Waals surface area (Å²) in [5.41, 5.74) is 0.142. The molecule has 0 atom stereocenters. The van der Waals surface area contributed by atoms with Gasteiger partial charge in [-0.05, 0) is 26.0 Å². The zero-order chi connectivity index (χ0) is 19.7.